The fourth-order valence-electron chi connectivity index (χ4n) is 1.76. The van der Waals surface area contributed by atoms with Gasteiger partial charge in [-0.25, -0.2) is 4.99 Å². The first-order valence-electron chi connectivity index (χ1n) is 6.00. The van der Waals surface area contributed by atoms with Crippen LogP contribution in [0.4, 0.5) is 5.69 Å². The molecule has 0 aliphatic heterocycles. The number of ketones is 1. The van der Waals surface area contributed by atoms with Crippen LogP contribution in [0.3, 0.4) is 0 Å². The molecule has 3 nitrogen and oxygen atoms in total. The SMILES string of the molecule is NC(CCl)=Nc1ccc(Cl)cc1C(=O)c1ccccc1Cl. The second kappa shape index (κ2) is 6.94. The van der Waals surface area contributed by atoms with E-state index in [0.717, 1.165) is 0 Å². The average Bonchev–Trinajstić information content (AvgIpc) is 2.48. The van der Waals surface area contributed by atoms with Gasteiger partial charge in [0.1, 0.15) is 5.84 Å². The lowest BCUT2D eigenvalue weighted by atomic mass is 10.0. The van der Waals surface area contributed by atoms with Crippen LogP contribution >= 0.6 is 34.8 Å². The minimum Gasteiger partial charge on any atom is -0.386 e. The number of nitrogens with zero attached hydrogens (tertiary/aromatic N) is 1. The van der Waals surface area contributed by atoms with Gasteiger partial charge in [0.15, 0.2) is 5.78 Å². The molecule has 0 amide bonds. The largest absolute Gasteiger partial charge is 0.386 e. The number of rotatable bonds is 4. The number of halogens is 3. The summed E-state index contributed by atoms with van der Waals surface area (Å²) in [5.74, 6) is 0.0129. The standard InChI is InChI=1S/C15H11Cl3N2O/c16-8-14(19)20-13-6-5-9(17)7-11(13)15(21)10-3-1-2-4-12(10)18/h1-7H,8H2,(H2,19,20). The molecule has 2 aromatic carbocycles. The first-order chi connectivity index (χ1) is 10.0. The van der Waals surface area contributed by atoms with Crippen LogP contribution in [-0.2, 0) is 0 Å². The van der Waals surface area contributed by atoms with Crippen LogP contribution in [0.5, 0.6) is 0 Å². The Morgan fingerprint density at radius 2 is 1.81 bits per heavy atom. The minimum atomic E-state index is -0.274. The predicted molar refractivity (Wildman–Crippen MR) is 88.3 cm³/mol. The van der Waals surface area contributed by atoms with E-state index in [2.05, 4.69) is 4.99 Å². The van der Waals surface area contributed by atoms with E-state index in [0.29, 0.717) is 26.9 Å². The molecule has 0 heterocycles. The van der Waals surface area contributed by atoms with Crippen LogP contribution in [0.2, 0.25) is 10.0 Å². The molecular weight excluding hydrogens is 331 g/mol. The molecule has 0 atom stereocenters. The molecule has 0 saturated heterocycles. The average molecular weight is 342 g/mol. The van der Waals surface area contributed by atoms with Gasteiger partial charge in [0.05, 0.1) is 16.6 Å². The Bertz CT molecular complexity index is 714. The monoisotopic (exact) mass is 340 g/mol. The number of hydrogen-bond donors (Lipinski definition) is 1. The van der Waals surface area contributed by atoms with Crippen molar-refractivity contribution in [3.8, 4) is 0 Å². The highest BCUT2D eigenvalue weighted by atomic mass is 35.5. The van der Waals surface area contributed by atoms with Crippen molar-refractivity contribution < 1.29 is 4.79 Å². The summed E-state index contributed by atoms with van der Waals surface area (Å²) in [5.41, 5.74) is 6.73. The summed E-state index contributed by atoms with van der Waals surface area (Å²) in [6, 6.07) is 11.6. The fraction of sp³-hybridized carbons (Fsp3) is 0.0667. The first kappa shape index (κ1) is 15.8. The number of benzene rings is 2. The first-order valence-corrected chi connectivity index (χ1v) is 7.29. The van der Waals surface area contributed by atoms with E-state index in [1.54, 1.807) is 36.4 Å². The van der Waals surface area contributed by atoms with Gasteiger partial charge in [-0.2, -0.15) is 0 Å². The van der Waals surface area contributed by atoms with Gasteiger partial charge in [0.2, 0.25) is 0 Å². The Kier molecular flexibility index (Phi) is 5.23. The molecule has 21 heavy (non-hydrogen) atoms. The van der Waals surface area contributed by atoms with Crippen molar-refractivity contribution in [2.45, 2.75) is 0 Å². The van der Waals surface area contributed by atoms with Gasteiger partial charge >= 0.3 is 0 Å². The van der Waals surface area contributed by atoms with Gasteiger partial charge in [0, 0.05) is 16.1 Å². The van der Waals surface area contributed by atoms with E-state index in [9.17, 15) is 4.79 Å². The molecular formula is C15H11Cl3N2O. The molecule has 2 N–H and O–H groups in total. The van der Waals surface area contributed by atoms with Gasteiger partial charge in [-0.1, -0.05) is 35.3 Å². The summed E-state index contributed by atoms with van der Waals surface area (Å²) in [7, 11) is 0. The molecule has 0 aliphatic rings. The van der Waals surface area contributed by atoms with Crippen LogP contribution in [0.15, 0.2) is 47.5 Å². The number of amidine groups is 1. The maximum Gasteiger partial charge on any atom is 0.196 e. The molecule has 0 spiro atoms. The maximum atomic E-state index is 12.6. The van der Waals surface area contributed by atoms with Gasteiger partial charge < -0.3 is 5.73 Å². The number of carbonyl (C=O) groups is 1. The zero-order chi connectivity index (χ0) is 15.4. The highest BCUT2D eigenvalue weighted by Crippen LogP contribution is 2.28. The third-order valence-electron chi connectivity index (χ3n) is 2.72. The molecule has 0 radical (unpaired) electrons. The number of nitrogens with two attached hydrogens (primary N) is 1. The van der Waals surface area contributed by atoms with E-state index >= 15 is 0 Å². The highest BCUT2D eigenvalue weighted by Gasteiger charge is 2.16. The smallest absolute Gasteiger partial charge is 0.196 e. The van der Waals surface area contributed by atoms with E-state index in [-0.39, 0.29) is 17.5 Å². The zero-order valence-electron chi connectivity index (χ0n) is 10.8. The molecule has 0 bridgehead atoms. The third kappa shape index (κ3) is 3.76. The van der Waals surface area contributed by atoms with E-state index in [1.807, 2.05) is 0 Å². The molecule has 2 aromatic rings. The van der Waals surface area contributed by atoms with Crippen LogP contribution in [0, 0.1) is 0 Å². The second-order valence-corrected chi connectivity index (χ2v) is 5.32. The fourth-order valence-corrected chi connectivity index (χ4v) is 2.22. The Morgan fingerprint density at radius 1 is 1.10 bits per heavy atom. The lowest BCUT2D eigenvalue weighted by Gasteiger charge is -2.08. The van der Waals surface area contributed by atoms with Crippen molar-refractivity contribution >= 4 is 52.1 Å². The molecule has 6 heteroatoms. The van der Waals surface area contributed by atoms with E-state index < -0.39 is 0 Å². The topological polar surface area (TPSA) is 55.4 Å². The number of carbonyl (C=O) groups excluding carboxylic acids is 1. The summed E-state index contributed by atoms with van der Waals surface area (Å²) in [6.45, 7) is 0. The van der Waals surface area contributed by atoms with Crippen molar-refractivity contribution in [3.63, 3.8) is 0 Å². The van der Waals surface area contributed by atoms with Crippen molar-refractivity contribution in [1.29, 1.82) is 0 Å². The van der Waals surface area contributed by atoms with Crippen LogP contribution in [0.25, 0.3) is 0 Å². The molecule has 2 rings (SSSR count). The van der Waals surface area contributed by atoms with E-state index in [4.69, 9.17) is 40.5 Å². The van der Waals surface area contributed by atoms with Gasteiger partial charge in [-0.3, -0.25) is 4.79 Å². The molecule has 0 unspecified atom stereocenters. The number of aliphatic imine (C=N–C) groups is 1. The van der Waals surface area contributed by atoms with Crippen molar-refractivity contribution in [1.82, 2.24) is 0 Å². The summed E-state index contributed by atoms with van der Waals surface area (Å²) in [4.78, 5) is 16.8. The Hall–Kier alpha value is -1.55. The van der Waals surface area contributed by atoms with Crippen molar-refractivity contribution in [2.24, 2.45) is 10.7 Å². The summed E-state index contributed by atoms with van der Waals surface area (Å²) < 4.78 is 0. The van der Waals surface area contributed by atoms with Crippen molar-refractivity contribution in [3.05, 3.63) is 63.6 Å². The van der Waals surface area contributed by atoms with E-state index in [1.165, 1.54) is 6.07 Å². The second-order valence-electron chi connectivity index (χ2n) is 4.21. The Morgan fingerprint density at radius 3 is 2.48 bits per heavy atom. The predicted octanol–water partition coefficient (Wildman–Crippen LogP) is 4.45. The third-order valence-corrected chi connectivity index (χ3v) is 3.56. The number of alkyl halides is 1. The van der Waals surface area contributed by atoms with Crippen LogP contribution in [-0.4, -0.2) is 17.5 Å². The molecule has 0 saturated carbocycles. The van der Waals surface area contributed by atoms with Crippen molar-refractivity contribution in [2.75, 3.05) is 5.88 Å². The van der Waals surface area contributed by atoms with Crippen LogP contribution in [0.1, 0.15) is 15.9 Å². The van der Waals surface area contributed by atoms with Crippen LogP contribution < -0.4 is 5.73 Å². The Labute approximate surface area is 137 Å². The van der Waals surface area contributed by atoms with Gasteiger partial charge in [-0.15, -0.1) is 11.6 Å². The van der Waals surface area contributed by atoms with Gasteiger partial charge in [-0.05, 0) is 30.3 Å². The quantitative estimate of drug-likeness (QED) is 0.386. The van der Waals surface area contributed by atoms with Gasteiger partial charge in [0.25, 0.3) is 0 Å². The lowest BCUT2D eigenvalue weighted by molar-refractivity contribution is 0.103. The molecule has 108 valence electrons. The normalized spacial score (nSPS) is 11.5. The lowest BCUT2D eigenvalue weighted by Crippen LogP contribution is -2.13. The summed E-state index contributed by atoms with van der Waals surface area (Å²) in [6.07, 6.45) is 0. The zero-order valence-corrected chi connectivity index (χ0v) is 13.1. The summed E-state index contributed by atoms with van der Waals surface area (Å²) in [5, 5.41) is 0.788. The minimum absolute atomic E-state index is 0.0718. The Balaban J connectivity index is 2.55. The summed E-state index contributed by atoms with van der Waals surface area (Å²) >= 11 is 17.6. The molecule has 0 aromatic heterocycles. The highest BCUT2D eigenvalue weighted by molar-refractivity contribution is 6.36. The maximum absolute atomic E-state index is 12.6. The number of hydrogen-bond acceptors (Lipinski definition) is 2. The molecule has 0 aliphatic carbocycles. The molecule has 0 fully saturated rings.